The fraction of sp³-hybridized carbons (Fsp3) is 0.600. The molecule has 0 spiro atoms. The minimum absolute atomic E-state index is 0.106. The zero-order valence-electron chi connectivity index (χ0n) is 10.8. The zero-order chi connectivity index (χ0) is 12.3. The fourth-order valence-electron chi connectivity index (χ4n) is 2.77. The predicted molar refractivity (Wildman–Crippen MR) is 74.5 cm³/mol. The summed E-state index contributed by atoms with van der Waals surface area (Å²) in [6.45, 7) is 4.73. The van der Waals surface area contributed by atoms with Crippen LogP contribution in [0.5, 0.6) is 0 Å². The summed E-state index contributed by atoms with van der Waals surface area (Å²) in [6, 6.07) is 8.69. The van der Waals surface area contributed by atoms with Crippen LogP contribution in [0.3, 0.4) is 0 Å². The van der Waals surface area contributed by atoms with E-state index in [1.807, 2.05) is 11.8 Å². The molecule has 1 heterocycles. The molecule has 0 aromatic heterocycles. The highest BCUT2D eigenvalue weighted by molar-refractivity contribution is 8.00. The van der Waals surface area contributed by atoms with E-state index in [1.165, 1.54) is 16.9 Å². The number of thioether (sulfide) groups is 1. The number of fused-ring (bicyclic) bond motifs is 1. The average Bonchev–Trinajstić information content (AvgIpc) is 2.71. The molecule has 0 saturated carbocycles. The van der Waals surface area contributed by atoms with Crippen LogP contribution in [0.2, 0.25) is 0 Å². The van der Waals surface area contributed by atoms with Gasteiger partial charge < -0.3 is 5.11 Å². The van der Waals surface area contributed by atoms with Crippen molar-refractivity contribution in [2.24, 2.45) is 5.41 Å². The van der Waals surface area contributed by atoms with Crippen molar-refractivity contribution in [3.63, 3.8) is 0 Å². The van der Waals surface area contributed by atoms with Gasteiger partial charge in [0.05, 0.1) is 0 Å². The first-order chi connectivity index (χ1) is 8.17. The van der Waals surface area contributed by atoms with Gasteiger partial charge in [-0.05, 0) is 36.3 Å². The second kappa shape index (κ2) is 5.45. The first kappa shape index (κ1) is 13.0. The van der Waals surface area contributed by atoms with Crippen molar-refractivity contribution >= 4 is 11.8 Å². The largest absolute Gasteiger partial charge is 0.396 e. The van der Waals surface area contributed by atoms with Crippen molar-refractivity contribution in [2.45, 2.75) is 49.7 Å². The maximum Gasteiger partial charge on any atom is 0.0485 e. The average molecular weight is 250 g/mol. The van der Waals surface area contributed by atoms with E-state index in [0.29, 0.717) is 11.9 Å². The summed E-state index contributed by atoms with van der Waals surface area (Å²) in [4.78, 5) is 1.44. The number of aliphatic hydroxyl groups excluding tert-OH is 1. The molecule has 0 amide bonds. The zero-order valence-corrected chi connectivity index (χ0v) is 11.6. The molecule has 2 atom stereocenters. The van der Waals surface area contributed by atoms with E-state index in [2.05, 4.69) is 38.1 Å². The lowest BCUT2D eigenvalue weighted by atomic mass is 9.81. The Bertz CT molecular complexity index is 352. The molecule has 1 nitrogen and oxygen atoms in total. The molecule has 2 heteroatoms. The second-order valence-corrected chi connectivity index (χ2v) is 6.82. The Kier molecular flexibility index (Phi) is 4.16. The molecule has 1 aromatic carbocycles. The van der Waals surface area contributed by atoms with Gasteiger partial charge in [0.25, 0.3) is 0 Å². The number of benzene rings is 1. The van der Waals surface area contributed by atoms with Gasteiger partial charge in [-0.1, -0.05) is 38.5 Å². The van der Waals surface area contributed by atoms with Crippen molar-refractivity contribution in [2.75, 3.05) is 6.61 Å². The molecule has 1 aromatic rings. The molecular formula is C15H22OS. The molecule has 2 unspecified atom stereocenters. The molecule has 0 aliphatic carbocycles. The van der Waals surface area contributed by atoms with Gasteiger partial charge in [-0.15, -0.1) is 11.8 Å². The van der Waals surface area contributed by atoms with Crippen molar-refractivity contribution in [3.05, 3.63) is 29.8 Å². The van der Waals surface area contributed by atoms with Gasteiger partial charge in [0.1, 0.15) is 0 Å². The number of hydrogen-bond acceptors (Lipinski definition) is 2. The Morgan fingerprint density at radius 2 is 2.18 bits per heavy atom. The van der Waals surface area contributed by atoms with Crippen molar-refractivity contribution in [1.29, 1.82) is 0 Å². The third-order valence-electron chi connectivity index (χ3n) is 3.67. The molecule has 0 radical (unpaired) electrons. The summed E-state index contributed by atoms with van der Waals surface area (Å²) >= 11 is 1.99. The smallest absolute Gasteiger partial charge is 0.0485 e. The summed E-state index contributed by atoms with van der Waals surface area (Å²) in [6.07, 6.45) is 4.56. The highest BCUT2D eigenvalue weighted by Gasteiger charge is 2.30. The Labute approximate surface area is 109 Å². The molecule has 94 valence electrons. The summed E-state index contributed by atoms with van der Waals surface area (Å²) in [5, 5.41) is 10.2. The quantitative estimate of drug-likeness (QED) is 0.855. The minimum atomic E-state index is 0.106. The minimum Gasteiger partial charge on any atom is -0.396 e. The molecule has 1 aliphatic heterocycles. The Morgan fingerprint density at radius 1 is 1.41 bits per heavy atom. The number of aliphatic hydroxyl groups is 1. The van der Waals surface area contributed by atoms with Gasteiger partial charge in [0.2, 0.25) is 0 Å². The first-order valence-electron chi connectivity index (χ1n) is 6.52. The Hall–Kier alpha value is -0.470. The fourth-order valence-corrected chi connectivity index (χ4v) is 4.33. The Balaban J connectivity index is 1.99. The van der Waals surface area contributed by atoms with Gasteiger partial charge in [0, 0.05) is 16.8 Å². The number of hydrogen-bond donors (Lipinski definition) is 1. The van der Waals surface area contributed by atoms with E-state index in [9.17, 15) is 5.11 Å². The molecule has 2 rings (SSSR count). The SMILES string of the molecule is CCCC(C)(CO)CC1Cc2ccccc2S1. The van der Waals surface area contributed by atoms with Crippen LogP contribution in [0.4, 0.5) is 0 Å². The molecule has 0 bridgehead atoms. The Morgan fingerprint density at radius 3 is 2.82 bits per heavy atom. The first-order valence-corrected chi connectivity index (χ1v) is 7.40. The van der Waals surface area contributed by atoms with Crippen LogP contribution >= 0.6 is 11.8 Å². The van der Waals surface area contributed by atoms with E-state index in [1.54, 1.807) is 0 Å². The molecule has 0 saturated heterocycles. The topological polar surface area (TPSA) is 20.2 Å². The van der Waals surface area contributed by atoms with Gasteiger partial charge in [-0.25, -0.2) is 0 Å². The second-order valence-electron chi connectivity index (χ2n) is 5.47. The van der Waals surface area contributed by atoms with Crippen LogP contribution in [0, 0.1) is 5.41 Å². The lowest BCUT2D eigenvalue weighted by Crippen LogP contribution is -2.25. The predicted octanol–water partition coefficient (Wildman–Crippen LogP) is 3.89. The highest BCUT2D eigenvalue weighted by atomic mass is 32.2. The third kappa shape index (κ3) is 3.05. The van der Waals surface area contributed by atoms with Crippen LogP contribution in [0.25, 0.3) is 0 Å². The lowest BCUT2D eigenvalue weighted by Gasteiger charge is -2.29. The summed E-state index contributed by atoms with van der Waals surface area (Å²) < 4.78 is 0. The number of rotatable bonds is 5. The monoisotopic (exact) mass is 250 g/mol. The standard InChI is InChI=1S/C15H22OS/c1-3-8-15(2,11-16)10-13-9-12-6-4-5-7-14(12)17-13/h4-7,13,16H,3,8-11H2,1-2H3. The highest BCUT2D eigenvalue weighted by Crippen LogP contribution is 2.43. The van der Waals surface area contributed by atoms with E-state index in [4.69, 9.17) is 0 Å². The van der Waals surface area contributed by atoms with Gasteiger partial charge in [0.15, 0.2) is 0 Å². The molecule has 0 fully saturated rings. The molecule has 1 N–H and O–H groups in total. The molecular weight excluding hydrogens is 228 g/mol. The summed E-state index contributed by atoms with van der Waals surface area (Å²) in [5.74, 6) is 0. The third-order valence-corrected chi connectivity index (χ3v) is 4.99. The summed E-state index contributed by atoms with van der Waals surface area (Å²) in [7, 11) is 0. The van der Waals surface area contributed by atoms with E-state index < -0.39 is 0 Å². The van der Waals surface area contributed by atoms with Crippen LogP contribution in [-0.2, 0) is 6.42 Å². The summed E-state index contributed by atoms with van der Waals surface area (Å²) in [5.41, 5.74) is 1.59. The van der Waals surface area contributed by atoms with Crippen LogP contribution < -0.4 is 0 Å². The molecule has 17 heavy (non-hydrogen) atoms. The van der Waals surface area contributed by atoms with Crippen molar-refractivity contribution < 1.29 is 5.11 Å². The molecule has 1 aliphatic rings. The van der Waals surface area contributed by atoms with Gasteiger partial charge in [-0.2, -0.15) is 0 Å². The van der Waals surface area contributed by atoms with Crippen LogP contribution in [0.1, 0.15) is 38.7 Å². The van der Waals surface area contributed by atoms with Crippen LogP contribution in [0.15, 0.2) is 29.2 Å². The van der Waals surface area contributed by atoms with E-state index >= 15 is 0 Å². The van der Waals surface area contributed by atoms with E-state index in [-0.39, 0.29) is 5.41 Å². The van der Waals surface area contributed by atoms with Gasteiger partial charge in [-0.3, -0.25) is 0 Å². The maximum absolute atomic E-state index is 9.58. The lowest BCUT2D eigenvalue weighted by molar-refractivity contribution is 0.122. The maximum atomic E-state index is 9.58. The van der Waals surface area contributed by atoms with Crippen molar-refractivity contribution in [1.82, 2.24) is 0 Å². The van der Waals surface area contributed by atoms with Crippen molar-refractivity contribution in [3.8, 4) is 0 Å². The van der Waals surface area contributed by atoms with E-state index in [0.717, 1.165) is 19.3 Å². The van der Waals surface area contributed by atoms with Gasteiger partial charge >= 0.3 is 0 Å². The van der Waals surface area contributed by atoms with Crippen LogP contribution in [-0.4, -0.2) is 17.0 Å². The normalized spacial score (nSPS) is 22.2.